The van der Waals surface area contributed by atoms with Gasteiger partial charge in [-0.3, -0.25) is 9.52 Å². The monoisotopic (exact) mass is 314 g/mol. The Balaban J connectivity index is 2.35. The maximum Gasteiger partial charge on any atom is 0.264 e. The van der Waals surface area contributed by atoms with E-state index in [1.165, 1.54) is 18.2 Å². The number of nitrogens with zero attached hydrogens (tertiary/aromatic N) is 1. The molecule has 0 aliphatic rings. The second-order valence-electron chi connectivity index (χ2n) is 3.88. The predicted octanol–water partition coefficient (Wildman–Crippen LogP) is 0.683. The van der Waals surface area contributed by atoms with Gasteiger partial charge in [-0.2, -0.15) is 5.10 Å². The molecule has 2 rings (SSSR count). The molecule has 0 amide bonds. The van der Waals surface area contributed by atoms with Crippen molar-refractivity contribution in [3.05, 3.63) is 51.3 Å². The van der Waals surface area contributed by atoms with Crippen LogP contribution in [0, 0.1) is 0 Å². The number of benzene rings is 1. The van der Waals surface area contributed by atoms with E-state index in [0.29, 0.717) is 0 Å². The number of halogens is 1. The highest BCUT2D eigenvalue weighted by atomic mass is 35.5. The van der Waals surface area contributed by atoms with Crippen LogP contribution in [0.5, 0.6) is 0 Å². The lowest BCUT2D eigenvalue weighted by Gasteiger charge is -2.09. The number of sulfonamides is 1. The molecule has 7 nitrogen and oxygen atoms in total. The van der Waals surface area contributed by atoms with E-state index in [0.717, 1.165) is 11.6 Å². The number of H-pyrrole nitrogens is 1. The van der Waals surface area contributed by atoms with E-state index in [2.05, 4.69) is 14.9 Å². The Kier molecular flexibility index (Phi) is 4.07. The molecule has 0 aliphatic heterocycles. The Labute approximate surface area is 119 Å². The maximum absolute atomic E-state index is 12.1. The molecule has 2 aromatic rings. The molecule has 9 heteroatoms. The van der Waals surface area contributed by atoms with E-state index in [9.17, 15) is 13.2 Å². The zero-order valence-electron chi connectivity index (χ0n) is 10.1. The molecule has 0 fully saturated rings. The zero-order valence-corrected chi connectivity index (χ0v) is 11.7. The zero-order chi connectivity index (χ0) is 14.8. The average Bonchev–Trinajstić information content (AvgIpc) is 2.40. The quantitative estimate of drug-likeness (QED) is 0.767. The molecule has 0 atom stereocenters. The van der Waals surface area contributed by atoms with Gasteiger partial charge < -0.3 is 5.73 Å². The molecule has 20 heavy (non-hydrogen) atoms. The van der Waals surface area contributed by atoms with Gasteiger partial charge in [0.05, 0.1) is 5.02 Å². The Morgan fingerprint density at radius 3 is 2.60 bits per heavy atom. The highest BCUT2D eigenvalue weighted by Crippen LogP contribution is 2.24. The van der Waals surface area contributed by atoms with E-state index in [4.69, 9.17) is 17.3 Å². The van der Waals surface area contributed by atoms with Crippen molar-refractivity contribution in [3.8, 4) is 0 Å². The molecule has 4 N–H and O–H groups in total. The van der Waals surface area contributed by atoms with Crippen molar-refractivity contribution in [2.45, 2.75) is 11.4 Å². The standard InChI is InChI=1S/C11H11ClN4O3S/c12-8-5-7(6-13)1-2-9(8)20(18,19)16-10-3-4-11(17)15-14-10/h1-5H,6,13H2,(H,14,16)(H,15,17). The molecular formula is C11H11ClN4O3S. The van der Waals surface area contributed by atoms with Crippen molar-refractivity contribution >= 4 is 27.4 Å². The summed E-state index contributed by atoms with van der Waals surface area (Å²) in [7, 11) is -3.89. The first-order valence-corrected chi connectivity index (χ1v) is 7.35. The van der Waals surface area contributed by atoms with E-state index < -0.39 is 15.6 Å². The van der Waals surface area contributed by atoms with E-state index in [-0.39, 0.29) is 22.3 Å². The third kappa shape index (κ3) is 3.16. The number of aromatic amines is 1. The third-order valence-electron chi connectivity index (χ3n) is 2.44. The van der Waals surface area contributed by atoms with Gasteiger partial charge in [0.1, 0.15) is 4.90 Å². The smallest absolute Gasteiger partial charge is 0.264 e. The number of nitrogens with two attached hydrogens (primary N) is 1. The highest BCUT2D eigenvalue weighted by molar-refractivity contribution is 7.92. The normalized spacial score (nSPS) is 11.3. The summed E-state index contributed by atoms with van der Waals surface area (Å²) in [5.74, 6) is -0.0106. The fourth-order valence-corrected chi connectivity index (χ4v) is 3.05. The summed E-state index contributed by atoms with van der Waals surface area (Å²) < 4.78 is 26.5. The van der Waals surface area contributed by atoms with Crippen molar-refractivity contribution in [2.75, 3.05) is 4.72 Å². The van der Waals surface area contributed by atoms with Crippen molar-refractivity contribution in [1.29, 1.82) is 0 Å². The van der Waals surface area contributed by atoms with Gasteiger partial charge in [-0.05, 0) is 23.8 Å². The summed E-state index contributed by atoms with van der Waals surface area (Å²) in [6, 6.07) is 6.82. The first-order chi connectivity index (χ1) is 9.42. The summed E-state index contributed by atoms with van der Waals surface area (Å²) in [6.45, 7) is 0.259. The summed E-state index contributed by atoms with van der Waals surface area (Å²) in [5, 5.41) is 5.75. The molecule has 106 valence electrons. The molecule has 0 aliphatic carbocycles. The Hall–Kier alpha value is -1.90. The molecule has 0 unspecified atom stereocenters. The van der Waals surface area contributed by atoms with Crippen LogP contribution >= 0.6 is 11.6 Å². The Morgan fingerprint density at radius 1 is 1.30 bits per heavy atom. The summed E-state index contributed by atoms with van der Waals surface area (Å²) in [5.41, 5.74) is 5.73. The van der Waals surface area contributed by atoms with Crippen molar-refractivity contribution in [3.63, 3.8) is 0 Å². The largest absolute Gasteiger partial charge is 0.326 e. The van der Waals surface area contributed by atoms with Crippen LogP contribution in [-0.2, 0) is 16.6 Å². The van der Waals surface area contributed by atoms with Crippen LogP contribution in [0.25, 0.3) is 0 Å². The van der Waals surface area contributed by atoms with Crippen LogP contribution in [0.4, 0.5) is 5.82 Å². The highest BCUT2D eigenvalue weighted by Gasteiger charge is 2.18. The number of hydrogen-bond acceptors (Lipinski definition) is 5. The van der Waals surface area contributed by atoms with Gasteiger partial charge in [-0.15, -0.1) is 0 Å². The maximum atomic E-state index is 12.1. The minimum atomic E-state index is -3.89. The second-order valence-corrected chi connectivity index (χ2v) is 5.94. The predicted molar refractivity (Wildman–Crippen MR) is 75.0 cm³/mol. The van der Waals surface area contributed by atoms with Crippen LogP contribution in [0.1, 0.15) is 5.56 Å². The fraction of sp³-hybridized carbons (Fsp3) is 0.0909. The minimum Gasteiger partial charge on any atom is -0.326 e. The SMILES string of the molecule is NCc1ccc(S(=O)(=O)Nc2ccc(=O)[nH]n2)c(Cl)c1. The average molecular weight is 315 g/mol. The van der Waals surface area contributed by atoms with E-state index in [1.807, 2.05) is 0 Å². The van der Waals surface area contributed by atoms with Gasteiger partial charge in [0.25, 0.3) is 15.6 Å². The van der Waals surface area contributed by atoms with Crippen LogP contribution in [0.15, 0.2) is 40.0 Å². The topological polar surface area (TPSA) is 118 Å². The lowest BCUT2D eigenvalue weighted by atomic mass is 10.2. The fourth-order valence-electron chi connectivity index (χ4n) is 1.48. The van der Waals surface area contributed by atoms with Crippen LogP contribution in [0.3, 0.4) is 0 Å². The second kappa shape index (κ2) is 5.61. The molecule has 0 saturated carbocycles. The number of anilines is 1. The number of rotatable bonds is 4. The van der Waals surface area contributed by atoms with Crippen LogP contribution < -0.4 is 16.0 Å². The molecular weight excluding hydrogens is 304 g/mol. The van der Waals surface area contributed by atoms with Crippen molar-refractivity contribution in [2.24, 2.45) is 5.73 Å². The summed E-state index contributed by atoms with van der Waals surface area (Å²) in [6.07, 6.45) is 0. The summed E-state index contributed by atoms with van der Waals surface area (Å²) >= 11 is 5.93. The van der Waals surface area contributed by atoms with E-state index >= 15 is 0 Å². The van der Waals surface area contributed by atoms with Crippen molar-refractivity contribution < 1.29 is 8.42 Å². The number of hydrogen-bond donors (Lipinski definition) is 3. The molecule has 0 bridgehead atoms. The minimum absolute atomic E-state index is 0.0106. The van der Waals surface area contributed by atoms with Crippen LogP contribution in [0.2, 0.25) is 5.02 Å². The van der Waals surface area contributed by atoms with Crippen LogP contribution in [-0.4, -0.2) is 18.6 Å². The molecule has 0 spiro atoms. The van der Waals surface area contributed by atoms with Gasteiger partial charge >= 0.3 is 0 Å². The lowest BCUT2D eigenvalue weighted by molar-refractivity contribution is 0.601. The van der Waals surface area contributed by atoms with Gasteiger partial charge in [-0.1, -0.05) is 17.7 Å². The van der Waals surface area contributed by atoms with Gasteiger partial charge in [-0.25, -0.2) is 13.5 Å². The first kappa shape index (κ1) is 14.5. The third-order valence-corrected chi connectivity index (χ3v) is 4.28. The van der Waals surface area contributed by atoms with Gasteiger partial charge in [0.2, 0.25) is 0 Å². The molecule has 1 heterocycles. The number of aromatic nitrogens is 2. The first-order valence-electron chi connectivity index (χ1n) is 5.49. The van der Waals surface area contributed by atoms with Gasteiger partial charge in [0, 0.05) is 12.6 Å². The molecule has 1 aromatic carbocycles. The molecule has 0 saturated heterocycles. The van der Waals surface area contributed by atoms with Gasteiger partial charge in [0.15, 0.2) is 5.82 Å². The number of nitrogens with one attached hydrogen (secondary N) is 2. The van der Waals surface area contributed by atoms with Crippen molar-refractivity contribution in [1.82, 2.24) is 10.2 Å². The Bertz CT molecular complexity index is 768. The Morgan fingerprint density at radius 2 is 2.05 bits per heavy atom. The molecule has 1 aromatic heterocycles. The van der Waals surface area contributed by atoms with E-state index in [1.54, 1.807) is 6.07 Å². The molecule has 0 radical (unpaired) electrons. The lowest BCUT2D eigenvalue weighted by Crippen LogP contribution is -2.17. The summed E-state index contributed by atoms with van der Waals surface area (Å²) in [4.78, 5) is 10.8.